The van der Waals surface area contributed by atoms with Crippen molar-refractivity contribution in [3.8, 4) is 11.4 Å². The van der Waals surface area contributed by atoms with Crippen molar-refractivity contribution in [2.75, 3.05) is 18.9 Å². The van der Waals surface area contributed by atoms with Gasteiger partial charge in [0.05, 0.1) is 11.4 Å². The zero-order chi connectivity index (χ0) is 21.9. The van der Waals surface area contributed by atoms with Gasteiger partial charge in [0.2, 0.25) is 15.9 Å². The molecule has 0 radical (unpaired) electrons. The molecule has 0 aliphatic rings. The zero-order valence-corrected chi connectivity index (χ0v) is 16.9. The number of hydrogen-bond acceptors (Lipinski definition) is 7. The van der Waals surface area contributed by atoms with Gasteiger partial charge in [0.1, 0.15) is 0 Å². The maximum absolute atomic E-state index is 12.7. The van der Waals surface area contributed by atoms with Crippen LogP contribution in [0.3, 0.4) is 0 Å². The van der Waals surface area contributed by atoms with Gasteiger partial charge in [-0.2, -0.15) is 4.31 Å². The van der Waals surface area contributed by atoms with E-state index in [1.54, 1.807) is 24.3 Å². The van der Waals surface area contributed by atoms with Gasteiger partial charge in [-0.05, 0) is 31.2 Å². The lowest BCUT2D eigenvalue weighted by Gasteiger charge is -2.17. The number of anilines is 1. The van der Waals surface area contributed by atoms with Gasteiger partial charge in [-0.1, -0.05) is 29.4 Å². The molecule has 2 N–H and O–H groups in total. The number of Topliss-reactive ketones (excluding diaryl/α,β-unsaturated/α-hetero) is 1. The normalized spacial score (nSPS) is 11.4. The molecule has 0 spiro atoms. The second-order valence-corrected chi connectivity index (χ2v) is 8.46. The standard InChI is InChI=1S/C19H18N4O6S/c1-12(24)13-6-8-16(9-7-13)30(27,28)23(2)11-17(25)20-15-5-3-4-14(10-15)18-21-19(26)29-22-18/h3-10H,11H2,1-2H3,(H,20,25)(H,21,22,26). The second-order valence-electron chi connectivity index (χ2n) is 6.41. The largest absolute Gasteiger partial charge is 0.439 e. The summed E-state index contributed by atoms with van der Waals surface area (Å²) in [6.45, 7) is 0.955. The van der Waals surface area contributed by atoms with E-state index in [1.165, 1.54) is 38.2 Å². The number of ketones is 1. The van der Waals surface area contributed by atoms with E-state index in [4.69, 9.17) is 0 Å². The molecule has 10 nitrogen and oxygen atoms in total. The Kier molecular flexibility index (Phi) is 5.94. The highest BCUT2D eigenvalue weighted by Crippen LogP contribution is 2.19. The Morgan fingerprint density at radius 3 is 2.47 bits per heavy atom. The number of nitrogens with zero attached hydrogens (tertiary/aromatic N) is 2. The number of hydrogen-bond donors (Lipinski definition) is 2. The molecule has 30 heavy (non-hydrogen) atoms. The first kappa shape index (κ1) is 21.1. The summed E-state index contributed by atoms with van der Waals surface area (Å²) in [5, 5.41) is 6.17. The number of rotatable bonds is 7. The summed E-state index contributed by atoms with van der Waals surface area (Å²) in [6, 6.07) is 11.9. The smallest absolute Gasteiger partial charge is 0.325 e. The lowest BCUT2D eigenvalue weighted by atomic mass is 10.2. The Morgan fingerprint density at radius 2 is 1.87 bits per heavy atom. The van der Waals surface area contributed by atoms with Crippen LogP contribution in [-0.4, -0.2) is 48.1 Å². The quantitative estimate of drug-likeness (QED) is 0.541. The second kappa shape index (κ2) is 8.43. The molecule has 0 saturated carbocycles. The van der Waals surface area contributed by atoms with Gasteiger partial charge in [0.25, 0.3) is 0 Å². The molecule has 0 bridgehead atoms. The molecular weight excluding hydrogens is 412 g/mol. The highest BCUT2D eigenvalue weighted by molar-refractivity contribution is 7.89. The molecule has 3 aromatic rings. The molecule has 2 aromatic carbocycles. The predicted molar refractivity (Wildman–Crippen MR) is 107 cm³/mol. The van der Waals surface area contributed by atoms with Gasteiger partial charge in [0, 0.05) is 23.9 Å². The maximum Gasteiger partial charge on any atom is 0.439 e. The number of aromatic nitrogens is 2. The number of aromatic amines is 1. The number of H-pyrrole nitrogens is 1. The number of nitrogens with one attached hydrogen (secondary N) is 2. The number of benzene rings is 2. The van der Waals surface area contributed by atoms with Gasteiger partial charge < -0.3 is 5.32 Å². The van der Waals surface area contributed by atoms with Crippen molar-refractivity contribution < 1.29 is 22.5 Å². The summed E-state index contributed by atoms with van der Waals surface area (Å²) in [7, 11) is -2.64. The molecular formula is C19H18N4O6S. The molecule has 3 rings (SSSR count). The summed E-state index contributed by atoms with van der Waals surface area (Å²) in [4.78, 5) is 37.1. The molecule has 1 aromatic heterocycles. The molecule has 0 fully saturated rings. The van der Waals surface area contributed by atoms with E-state index in [9.17, 15) is 22.8 Å². The molecule has 11 heteroatoms. The van der Waals surface area contributed by atoms with Crippen LogP contribution in [0.25, 0.3) is 11.4 Å². The third-order valence-electron chi connectivity index (χ3n) is 4.20. The predicted octanol–water partition coefficient (Wildman–Crippen LogP) is 1.49. The Morgan fingerprint density at radius 1 is 1.17 bits per heavy atom. The van der Waals surface area contributed by atoms with E-state index in [0.717, 1.165) is 4.31 Å². The fourth-order valence-electron chi connectivity index (χ4n) is 2.63. The minimum Gasteiger partial charge on any atom is -0.325 e. The number of likely N-dealkylation sites (N-methyl/N-ethyl adjacent to an activating group) is 1. The van der Waals surface area contributed by atoms with Crippen molar-refractivity contribution in [1.82, 2.24) is 14.4 Å². The van der Waals surface area contributed by atoms with Crippen LogP contribution in [0.4, 0.5) is 5.69 Å². The van der Waals surface area contributed by atoms with Gasteiger partial charge in [-0.15, -0.1) is 0 Å². The van der Waals surface area contributed by atoms with Gasteiger partial charge in [-0.3, -0.25) is 19.1 Å². The average molecular weight is 430 g/mol. The first-order valence-corrected chi connectivity index (χ1v) is 10.1. The van der Waals surface area contributed by atoms with Gasteiger partial charge in [0.15, 0.2) is 11.6 Å². The van der Waals surface area contributed by atoms with E-state index in [1.807, 2.05) is 0 Å². The maximum atomic E-state index is 12.7. The molecule has 0 atom stereocenters. The number of sulfonamides is 1. The lowest BCUT2D eigenvalue weighted by Crippen LogP contribution is -2.35. The Bertz CT molecular complexity index is 1240. The van der Waals surface area contributed by atoms with E-state index < -0.39 is 28.2 Å². The molecule has 156 valence electrons. The van der Waals surface area contributed by atoms with E-state index >= 15 is 0 Å². The average Bonchev–Trinajstić information content (AvgIpc) is 3.14. The Labute approximate surface area is 171 Å². The van der Waals surface area contributed by atoms with Crippen LogP contribution in [0.5, 0.6) is 0 Å². The molecule has 0 aliphatic carbocycles. The fourth-order valence-corrected chi connectivity index (χ4v) is 3.75. The summed E-state index contributed by atoms with van der Waals surface area (Å²) in [6.07, 6.45) is 0. The number of carbonyl (C=O) groups excluding carboxylic acids is 2. The number of carbonyl (C=O) groups is 2. The SMILES string of the molecule is CC(=O)c1ccc(S(=O)(=O)N(C)CC(=O)Nc2cccc(-c3noc(=O)[nH]3)c2)cc1. The minimum absolute atomic E-state index is 0.0280. The van der Waals surface area contributed by atoms with E-state index in [2.05, 4.69) is 20.0 Å². The first-order valence-electron chi connectivity index (χ1n) is 8.70. The first-order chi connectivity index (χ1) is 14.2. The summed E-state index contributed by atoms with van der Waals surface area (Å²) < 4.78 is 30.7. The molecule has 0 aliphatic heterocycles. The van der Waals surface area contributed by atoms with Gasteiger partial charge in [-0.25, -0.2) is 13.2 Å². The summed E-state index contributed by atoms with van der Waals surface area (Å²) >= 11 is 0. The number of amides is 1. The molecule has 0 unspecified atom stereocenters. The fraction of sp³-hybridized carbons (Fsp3) is 0.158. The topological polar surface area (TPSA) is 142 Å². The molecule has 0 saturated heterocycles. The van der Waals surface area contributed by atoms with Crippen LogP contribution in [0.2, 0.25) is 0 Å². The molecule has 1 amide bonds. The van der Waals surface area contributed by atoms with Crippen LogP contribution >= 0.6 is 0 Å². The zero-order valence-electron chi connectivity index (χ0n) is 16.1. The van der Waals surface area contributed by atoms with Crippen molar-refractivity contribution >= 4 is 27.4 Å². The van der Waals surface area contributed by atoms with Crippen LogP contribution in [0, 0.1) is 0 Å². The minimum atomic E-state index is -3.92. The van der Waals surface area contributed by atoms with Crippen molar-refractivity contribution in [2.45, 2.75) is 11.8 Å². The Balaban J connectivity index is 1.69. The van der Waals surface area contributed by atoms with Crippen LogP contribution < -0.4 is 11.1 Å². The van der Waals surface area contributed by atoms with Crippen molar-refractivity contribution in [3.63, 3.8) is 0 Å². The van der Waals surface area contributed by atoms with Crippen molar-refractivity contribution in [2.24, 2.45) is 0 Å². The van der Waals surface area contributed by atoms with Crippen LogP contribution in [0.15, 0.2) is 62.7 Å². The molecule has 1 heterocycles. The third-order valence-corrected chi connectivity index (χ3v) is 6.01. The summed E-state index contributed by atoms with van der Waals surface area (Å²) in [5.74, 6) is -1.25. The van der Waals surface area contributed by atoms with Crippen molar-refractivity contribution in [1.29, 1.82) is 0 Å². The van der Waals surface area contributed by atoms with E-state index in [-0.39, 0.29) is 16.5 Å². The van der Waals surface area contributed by atoms with Crippen molar-refractivity contribution in [3.05, 3.63) is 64.6 Å². The third kappa shape index (κ3) is 4.70. The van der Waals surface area contributed by atoms with Gasteiger partial charge >= 0.3 is 5.76 Å². The highest BCUT2D eigenvalue weighted by atomic mass is 32.2. The lowest BCUT2D eigenvalue weighted by molar-refractivity contribution is -0.116. The van der Waals surface area contributed by atoms with Crippen LogP contribution in [-0.2, 0) is 14.8 Å². The van der Waals surface area contributed by atoms with E-state index in [0.29, 0.717) is 16.8 Å². The highest BCUT2D eigenvalue weighted by Gasteiger charge is 2.23. The Hall–Kier alpha value is -3.57. The monoisotopic (exact) mass is 430 g/mol. The van der Waals surface area contributed by atoms with Crippen LogP contribution in [0.1, 0.15) is 17.3 Å². The summed E-state index contributed by atoms with van der Waals surface area (Å²) in [5.41, 5.74) is 1.28.